The van der Waals surface area contributed by atoms with Crippen LogP contribution in [0.3, 0.4) is 0 Å². The molecule has 0 saturated carbocycles. The van der Waals surface area contributed by atoms with Crippen molar-refractivity contribution in [1.29, 1.82) is 0 Å². The van der Waals surface area contributed by atoms with Crippen LogP contribution in [0.2, 0.25) is 0 Å². The molecule has 0 radical (unpaired) electrons. The van der Waals surface area contributed by atoms with Gasteiger partial charge in [0.1, 0.15) is 0 Å². The summed E-state index contributed by atoms with van der Waals surface area (Å²) in [6, 6.07) is 15.5. The Morgan fingerprint density at radius 1 is 1.14 bits per heavy atom. The van der Waals surface area contributed by atoms with E-state index in [1.54, 1.807) is 0 Å². The summed E-state index contributed by atoms with van der Waals surface area (Å²) in [7, 11) is 0. The van der Waals surface area contributed by atoms with Gasteiger partial charge in [0.15, 0.2) is 0 Å². The topological polar surface area (TPSA) is 12.0 Å². The SMILES string of the molecule is CCNC(c1cc(Br)ccc1C)c1cccc2ccsc12. The van der Waals surface area contributed by atoms with Crippen LogP contribution in [-0.2, 0) is 0 Å². The highest BCUT2D eigenvalue weighted by Crippen LogP contribution is 2.34. The van der Waals surface area contributed by atoms with E-state index in [1.807, 2.05) is 11.3 Å². The lowest BCUT2D eigenvalue weighted by atomic mass is 9.94. The molecule has 0 amide bonds. The van der Waals surface area contributed by atoms with Crippen molar-refractivity contribution in [1.82, 2.24) is 5.32 Å². The lowest BCUT2D eigenvalue weighted by molar-refractivity contribution is 0.632. The number of aryl methyl sites for hydroxylation is 1. The van der Waals surface area contributed by atoms with Crippen molar-refractivity contribution in [3.63, 3.8) is 0 Å². The maximum Gasteiger partial charge on any atom is 0.0593 e. The van der Waals surface area contributed by atoms with Crippen LogP contribution in [0.15, 0.2) is 52.3 Å². The first-order valence-electron chi connectivity index (χ1n) is 7.16. The van der Waals surface area contributed by atoms with Crippen LogP contribution in [-0.4, -0.2) is 6.54 Å². The summed E-state index contributed by atoms with van der Waals surface area (Å²) in [5, 5.41) is 7.15. The monoisotopic (exact) mass is 359 g/mol. The number of rotatable bonds is 4. The molecule has 0 bridgehead atoms. The fraction of sp³-hybridized carbons (Fsp3) is 0.222. The lowest BCUT2D eigenvalue weighted by Crippen LogP contribution is -2.22. The van der Waals surface area contributed by atoms with E-state index in [0.717, 1.165) is 11.0 Å². The van der Waals surface area contributed by atoms with Crippen molar-refractivity contribution in [3.05, 3.63) is 69.0 Å². The molecular formula is C18H18BrNS. The van der Waals surface area contributed by atoms with Crippen molar-refractivity contribution in [2.75, 3.05) is 6.54 Å². The van der Waals surface area contributed by atoms with Crippen LogP contribution in [0.4, 0.5) is 0 Å². The molecule has 0 fully saturated rings. The third kappa shape index (κ3) is 2.91. The Bertz CT molecular complexity index is 763. The van der Waals surface area contributed by atoms with Gasteiger partial charge in [0.2, 0.25) is 0 Å². The summed E-state index contributed by atoms with van der Waals surface area (Å²) in [6.07, 6.45) is 0. The number of benzene rings is 2. The van der Waals surface area contributed by atoms with Gasteiger partial charge in [-0.05, 0) is 59.1 Å². The predicted octanol–water partition coefficient (Wildman–Crippen LogP) is 5.67. The molecule has 3 heteroatoms. The molecule has 0 aliphatic carbocycles. The minimum absolute atomic E-state index is 0.231. The molecule has 1 unspecified atom stereocenters. The van der Waals surface area contributed by atoms with Crippen molar-refractivity contribution in [2.45, 2.75) is 19.9 Å². The molecular weight excluding hydrogens is 342 g/mol. The van der Waals surface area contributed by atoms with Gasteiger partial charge in [-0.25, -0.2) is 0 Å². The van der Waals surface area contributed by atoms with Gasteiger partial charge in [-0.3, -0.25) is 0 Å². The lowest BCUT2D eigenvalue weighted by Gasteiger charge is -2.22. The molecule has 3 aromatic rings. The molecule has 3 rings (SSSR count). The summed E-state index contributed by atoms with van der Waals surface area (Å²) in [5.74, 6) is 0. The zero-order valence-corrected chi connectivity index (χ0v) is 14.6. The van der Waals surface area contributed by atoms with E-state index in [4.69, 9.17) is 0 Å². The fourth-order valence-corrected chi connectivity index (χ4v) is 4.08. The van der Waals surface area contributed by atoms with Crippen LogP contribution >= 0.6 is 27.3 Å². The second kappa shape index (κ2) is 6.30. The van der Waals surface area contributed by atoms with E-state index < -0.39 is 0 Å². The zero-order valence-electron chi connectivity index (χ0n) is 12.2. The van der Waals surface area contributed by atoms with Crippen molar-refractivity contribution in [2.24, 2.45) is 0 Å². The Labute approximate surface area is 138 Å². The fourth-order valence-electron chi connectivity index (χ4n) is 2.76. The van der Waals surface area contributed by atoms with Gasteiger partial charge in [-0.1, -0.05) is 47.1 Å². The third-order valence-corrected chi connectivity index (χ3v) is 5.25. The summed E-state index contributed by atoms with van der Waals surface area (Å²) in [5.41, 5.74) is 4.02. The van der Waals surface area contributed by atoms with E-state index in [9.17, 15) is 0 Å². The quantitative estimate of drug-likeness (QED) is 0.632. The first-order valence-corrected chi connectivity index (χ1v) is 8.83. The van der Waals surface area contributed by atoms with Gasteiger partial charge < -0.3 is 5.32 Å². The van der Waals surface area contributed by atoms with E-state index in [2.05, 4.69) is 82.9 Å². The Morgan fingerprint density at radius 3 is 2.81 bits per heavy atom. The molecule has 1 heterocycles. The Hall–Kier alpha value is -1.16. The number of fused-ring (bicyclic) bond motifs is 1. The average Bonchev–Trinajstić information content (AvgIpc) is 2.96. The maximum absolute atomic E-state index is 3.65. The molecule has 0 aliphatic heterocycles. The molecule has 1 aromatic heterocycles. The van der Waals surface area contributed by atoms with E-state index >= 15 is 0 Å². The highest BCUT2D eigenvalue weighted by atomic mass is 79.9. The highest BCUT2D eigenvalue weighted by molar-refractivity contribution is 9.10. The molecule has 0 saturated heterocycles. The number of hydrogen-bond acceptors (Lipinski definition) is 2. The van der Waals surface area contributed by atoms with Gasteiger partial charge in [0.25, 0.3) is 0 Å². The number of thiophene rings is 1. The summed E-state index contributed by atoms with van der Waals surface area (Å²) in [4.78, 5) is 0. The summed E-state index contributed by atoms with van der Waals surface area (Å²) >= 11 is 5.43. The first kappa shape index (κ1) is 14.8. The predicted molar refractivity (Wildman–Crippen MR) is 96.2 cm³/mol. The third-order valence-electron chi connectivity index (χ3n) is 3.78. The molecule has 1 N–H and O–H groups in total. The standard InChI is InChI=1S/C18H18BrNS/c1-3-20-17(16-11-14(19)8-7-12(16)2)15-6-4-5-13-9-10-21-18(13)15/h4-11,17,20H,3H2,1-2H3. The molecule has 0 aliphatic rings. The van der Waals surface area contributed by atoms with Crippen LogP contribution in [0.25, 0.3) is 10.1 Å². The second-order valence-electron chi connectivity index (χ2n) is 5.18. The van der Waals surface area contributed by atoms with Crippen molar-refractivity contribution < 1.29 is 0 Å². The van der Waals surface area contributed by atoms with Crippen molar-refractivity contribution in [3.8, 4) is 0 Å². The highest BCUT2D eigenvalue weighted by Gasteiger charge is 2.18. The van der Waals surface area contributed by atoms with Gasteiger partial charge in [0, 0.05) is 9.17 Å². The summed E-state index contributed by atoms with van der Waals surface area (Å²) in [6.45, 7) is 5.29. The Kier molecular flexibility index (Phi) is 4.43. The van der Waals surface area contributed by atoms with E-state index in [1.165, 1.54) is 26.8 Å². The minimum atomic E-state index is 0.231. The van der Waals surface area contributed by atoms with Crippen LogP contribution in [0, 0.1) is 6.92 Å². The average molecular weight is 360 g/mol. The minimum Gasteiger partial charge on any atom is -0.306 e. The van der Waals surface area contributed by atoms with Gasteiger partial charge in [-0.2, -0.15) is 0 Å². The normalized spacial score (nSPS) is 12.7. The van der Waals surface area contributed by atoms with Crippen LogP contribution in [0.5, 0.6) is 0 Å². The zero-order chi connectivity index (χ0) is 14.8. The van der Waals surface area contributed by atoms with Gasteiger partial charge in [0.05, 0.1) is 6.04 Å². The molecule has 21 heavy (non-hydrogen) atoms. The Morgan fingerprint density at radius 2 is 2.00 bits per heavy atom. The number of nitrogens with one attached hydrogen (secondary N) is 1. The number of hydrogen-bond donors (Lipinski definition) is 1. The van der Waals surface area contributed by atoms with Crippen molar-refractivity contribution >= 4 is 37.4 Å². The molecule has 0 spiro atoms. The molecule has 1 atom stereocenters. The first-order chi connectivity index (χ1) is 10.2. The number of halogens is 1. The maximum atomic E-state index is 3.65. The van der Waals surface area contributed by atoms with Gasteiger partial charge in [-0.15, -0.1) is 11.3 Å². The van der Waals surface area contributed by atoms with Crippen LogP contribution < -0.4 is 5.32 Å². The van der Waals surface area contributed by atoms with E-state index in [-0.39, 0.29) is 6.04 Å². The van der Waals surface area contributed by atoms with E-state index in [0.29, 0.717) is 0 Å². The van der Waals surface area contributed by atoms with Crippen LogP contribution in [0.1, 0.15) is 29.7 Å². The largest absolute Gasteiger partial charge is 0.306 e. The molecule has 108 valence electrons. The smallest absolute Gasteiger partial charge is 0.0593 e. The van der Waals surface area contributed by atoms with Gasteiger partial charge >= 0.3 is 0 Å². The molecule has 1 nitrogen and oxygen atoms in total. The second-order valence-corrected chi connectivity index (χ2v) is 7.01. The molecule has 2 aromatic carbocycles. The Balaban J connectivity index is 2.18. The summed E-state index contributed by atoms with van der Waals surface area (Å²) < 4.78 is 2.51.